The SMILES string of the molecule is C[C@@H]1NC(=O)c2cc(on2)CN(C(=O)C2CC2)CCNC(=O)[C@@H](Cc2ccccc2)NC(=O)[C@H](Cc2ccccc2)NC1=O. The van der Waals surface area contributed by atoms with Crippen LogP contribution in [0.2, 0.25) is 0 Å². The van der Waals surface area contributed by atoms with E-state index in [0.717, 1.165) is 24.0 Å². The minimum atomic E-state index is -1.04. The Morgan fingerprint density at radius 2 is 1.43 bits per heavy atom. The normalized spacial score (nSPS) is 22.1. The summed E-state index contributed by atoms with van der Waals surface area (Å²) in [4.78, 5) is 67.9. The molecule has 5 amide bonds. The van der Waals surface area contributed by atoms with Gasteiger partial charge in [0.2, 0.25) is 23.6 Å². The number of nitrogens with one attached hydrogen (secondary N) is 4. The van der Waals surface area contributed by atoms with Crippen molar-refractivity contribution in [3.05, 3.63) is 89.3 Å². The van der Waals surface area contributed by atoms with Gasteiger partial charge in [-0.25, -0.2) is 0 Å². The summed E-state index contributed by atoms with van der Waals surface area (Å²) >= 11 is 0. The third-order valence-corrected chi connectivity index (χ3v) is 7.63. The molecule has 4 N–H and O–H groups in total. The van der Waals surface area contributed by atoms with Crippen LogP contribution < -0.4 is 21.3 Å². The van der Waals surface area contributed by atoms with Gasteiger partial charge in [-0.1, -0.05) is 65.8 Å². The Labute approximate surface area is 254 Å². The van der Waals surface area contributed by atoms with Gasteiger partial charge in [0.15, 0.2) is 11.5 Å². The van der Waals surface area contributed by atoms with Gasteiger partial charge in [-0.2, -0.15) is 0 Å². The van der Waals surface area contributed by atoms with Gasteiger partial charge in [0.05, 0.1) is 6.54 Å². The molecule has 44 heavy (non-hydrogen) atoms. The van der Waals surface area contributed by atoms with E-state index in [2.05, 4.69) is 26.4 Å². The van der Waals surface area contributed by atoms with Crippen molar-refractivity contribution in [1.29, 1.82) is 0 Å². The topological polar surface area (TPSA) is 163 Å². The van der Waals surface area contributed by atoms with Crippen LogP contribution in [0, 0.1) is 5.92 Å². The van der Waals surface area contributed by atoms with E-state index < -0.39 is 41.8 Å². The molecule has 2 aliphatic rings. The maximum atomic E-state index is 13.7. The number of benzene rings is 2. The second-order valence-electron chi connectivity index (χ2n) is 11.2. The molecule has 12 heteroatoms. The lowest BCUT2D eigenvalue weighted by Gasteiger charge is -2.26. The third-order valence-electron chi connectivity index (χ3n) is 7.63. The highest BCUT2D eigenvalue weighted by atomic mass is 16.5. The zero-order valence-corrected chi connectivity index (χ0v) is 24.5. The maximum Gasteiger partial charge on any atom is 0.274 e. The molecular formula is C32H36N6O6. The Balaban J connectivity index is 1.43. The summed E-state index contributed by atoms with van der Waals surface area (Å²) < 4.78 is 5.35. The van der Waals surface area contributed by atoms with Crippen LogP contribution >= 0.6 is 0 Å². The zero-order valence-electron chi connectivity index (χ0n) is 24.5. The molecule has 1 aliphatic heterocycles. The number of hydrogen-bond donors (Lipinski definition) is 4. The van der Waals surface area contributed by atoms with E-state index in [0.29, 0.717) is 5.76 Å². The molecule has 0 saturated heterocycles. The van der Waals surface area contributed by atoms with Crippen LogP contribution in [0.4, 0.5) is 0 Å². The molecule has 2 aromatic carbocycles. The molecule has 2 bridgehead atoms. The smallest absolute Gasteiger partial charge is 0.274 e. The number of rotatable bonds is 5. The van der Waals surface area contributed by atoms with Gasteiger partial charge in [-0.3, -0.25) is 24.0 Å². The van der Waals surface area contributed by atoms with Gasteiger partial charge in [-0.15, -0.1) is 0 Å². The second kappa shape index (κ2) is 14.0. The summed E-state index contributed by atoms with van der Waals surface area (Å²) in [6.45, 7) is 1.87. The van der Waals surface area contributed by atoms with Crippen LogP contribution in [0.5, 0.6) is 0 Å². The van der Waals surface area contributed by atoms with E-state index in [4.69, 9.17) is 4.52 Å². The maximum absolute atomic E-state index is 13.7. The lowest BCUT2D eigenvalue weighted by molar-refractivity contribution is -0.134. The fraction of sp³-hybridized carbons (Fsp3) is 0.375. The number of amides is 5. The van der Waals surface area contributed by atoms with Crippen LogP contribution in [-0.2, 0) is 38.6 Å². The van der Waals surface area contributed by atoms with Gasteiger partial charge < -0.3 is 30.7 Å². The van der Waals surface area contributed by atoms with Crippen molar-refractivity contribution in [2.24, 2.45) is 5.92 Å². The van der Waals surface area contributed by atoms with E-state index in [1.165, 1.54) is 13.0 Å². The summed E-state index contributed by atoms with van der Waals surface area (Å²) in [5.74, 6) is -2.06. The zero-order chi connectivity index (χ0) is 31.1. The Bertz CT molecular complexity index is 1490. The fourth-order valence-corrected chi connectivity index (χ4v) is 5.00. The van der Waals surface area contributed by atoms with Crippen LogP contribution in [0.1, 0.15) is 47.1 Å². The van der Waals surface area contributed by atoms with Crippen molar-refractivity contribution in [1.82, 2.24) is 31.3 Å². The first-order valence-electron chi connectivity index (χ1n) is 14.8. The molecular weight excluding hydrogens is 564 g/mol. The average molecular weight is 601 g/mol. The van der Waals surface area contributed by atoms with Crippen LogP contribution in [-0.4, -0.2) is 70.8 Å². The number of aromatic nitrogens is 1. The largest absolute Gasteiger partial charge is 0.359 e. The highest BCUT2D eigenvalue weighted by Gasteiger charge is 2.34. The summed E-state index contributed by atoms with van der Waals surface area (Å²) in [7, 11) is 0. The molecule has 2 heterocycles. The predicted molar refractivity (Wildman–Crippen MR) is 159 cm³/mol. The summed E-state index contributed by atoms with van der Waals surface area (Å²) in [6.07, 6.45) is 1.95. The molecule has 0 radical (unpaired) electrons. The molecule has 1 aliphatic carbocycles. The standard InChI is InChI=1S/C32H36N6O6/c1-20-28(39)35-26(17-22-10-6-3-7-11-22)30(41)36-25(16-21-8-4-2-5-9-21)29(40)33-14-15-38(32(43)23-12-13-23)19-24-18-27(37-44-24)31(42)34-20/h2-11,18,20,23,25-26H,12-17,19H2,1H3,(H,33,40)(H,34,42)(H,35,39)(H,36,41)/t20-,25+,26-/m0/s1. The lowest BCUT2D eigenvalue weighted by atomic mass is 10.0. The molecule has 0 unspecified atom stereocenters. The van der Waals surface area contributed by atoms with E-state index in [1.54, 1.807) is 4.90 Å². The average Bonchev–Trinajstić information content (AvgIpc) is 3.77. The third kappa shape index (κ3) is 8.09. The monoisotopic (exact) mass is 600 g/mol. The Kier molecular flexibility index (Phi) is 9.68. The molecule has 230 valence electrons. The summed E-state index contributed by atoms with van der Waals surface area (Å²) in [5.41, 5.74) is 1.59. The molecule has 1 aromatic heterocycles. The Morgan fingerprint density at radius 1 is 0.841 bits per heavy atom. The first kappa shape index (κ1) is 30.5. The predicted octanol–water partition coefficient (Wildman–Crippen LogP) is 1.12. The number of carbonyl (C=O) groups is 5. The molecule has 1 fully saturated rings. The van der Waals surface area contributed by atoms with Gasteiger partial charge in [0, 0.05) is 37.9 Å². The van der Waals surface area contributed by atoms with Gasteiger partial charge in [0.1, 0.15) is 18.1 Å². The van der Waals surface area contributed by atoms with Crippen molar-refractivity contribution in [3.8, 4) is 0 Å². The molecule has 3 atom stereocenters. The minimum absolute atomic E-state index is 0.0461. The first-order valence-corrected chi connectivity index (χ1v) is 14.8. The van der Waals surface area contributed by atoms with Gasteiger partial charge >= 0.3 is 0 Å². The lowest BCUT2D eigenvalue weighted by Crippen LogP contribution is -2.57. The second-order valence-corrected chi connectivity index (χ2v) is 11.2. The number of nitrogens with zero attached hydrogens (tertiary/aromatic N) is 2. The number of fused-ring (bicyclic) bond motifs is 2. The molecule has 3 aromatic rings. The molecule has 5 rings (SSSR count). The number of carbonyl (C=O) groups excluding carboxylic acids is 5. The fourth-order valence-electron chi connectivity index (χ4n) is 5.00. The minimum Gasteiger partial charge on any atom is -0.359 e. The Hall–Kier alpha value is -5.00. The van der Waals surface area contributed by atoms with Crippen molar-refractivity contribution in [2.75, 3.05) is 13.1 Å². The van der Waals surface area contributed by atoms with Crippen LogP contribution in [0.3, 0.4) is 0 Å². The molecule has 0 spiro atoms. The molecule has 12 nitrogen and oxygen atoms in total. The van der Waals surface area contributed by atoms with Crippen LogP contribution in [0.25, 0.3) is 0 Å². The summed E-state index contributed by atoms with van der Waals surface area (Å²) in [6, 6.07) is 16.9. The van der Waals surface area contributed by atoms with Crippen molar-refractivity contribution in [2.45, 2.75) is 57.3 Å². The molecule has 1 saturated carbocycles. The Morgan fingerprint density at radius 3 is 2.05 bits per heavy atom. The van der Waals surface area contributed by atoms with Crippen molar-refractivity contribution >= 4 is 29.5 Å². The van der Waals surface area contributed by atoms with Crippen LogP contribution in [0.15, 0.2) is 71.3 Å². The highest BCUT2D eigenvalue weighted by Crippen LogP contribution is 2.31. The van der Waals surface area contributed by atoms with E-state index >= 15 is 0 Å². The highest BCUT2D eigenvalue weighted by molar-refractivity contribution is 5.97. The van der Waals surface area contributed by atoms with E-state index in [-0.39, 0.29) is 50.0 Å². The van der Waals surface area contributed by atoms with E-state index in [1.807, 2.05) is 60.7 Å². The van der Waals surface area contributed by atoms with Crippen molar-refractivity contribution in [3.63, 3.8) is 0 Å². The van der Waals surface area contributed by atoms with E-state index in [9.17, 15) is 24.0 Å². The van der Waals surface area contributed by atoms with Crippen molar-refractivity contribution < 1.29 is 28.5 Å². The quantitative estimate of drug-likeness (QED) is 0.341. The van der Waals surface area contributed by atoms with Gasteiger partial charge in [-0.05, 0) is 30.9 Å². The first-order chi connectivity index (χ1) is 21.3. The number of hydrogen-bond acceptors (Lipinski definition) is 7. The van der Waals surface area contributed by atoms with Gasteiger partial charge in [0.25, 0.3) is 5.91 Å². The summed E-state index contributed by atoms with van der Waals surface area (Å²) in [5, 5.41) is 14.9.